The lowest BCUT2D eigenvalue weighted by Crippen LogP contribution is -2.37. The number of imide groups is 1. The van der Waals surface area contributed by atoms with Crippen molar-refractivity contribution in [1.82, 2.24) is 4.90 Å². The Kier molecular flexibility index (Phi) is 5.05. The van der Waals surface area contributed by atoms with Crippen molar-refractivity contribution < 1.29 is 14.4 Å². The Labute approximate surface area is 214 Å². The van der Waals surface area contributed by atoms with Crippen molar-refractivity contribution in [3.63, 3.8) is 0 Å². The van der Waals surface area contributed by atoms with Crippen molar-refractivity contribution in [2.45, 2.75) is 18.7 Å². The number of rotatable bonds is 4. The van der Waals surface area contributed by atoms with Crippen LogP contribution in [0.2, 0.25) is 0 Å². The molecule has 0 N–H and O–H groups in total. The van der Waals surface area contributed by atoms with Gasteiger partial charge in [0.15, 0.2) is 6.10 Å². The van der Waals surface area contributed by atoms with Gasteiger partial charge in [0.2, 0.25) is 5.91 Å². The number of hydrogen-bond acceptors (Lipinski definition) is 4. The van der Waals surface area contributed by atoms with E-state index in [2.05, 4.69) is 30.3 Å². The van der Waals surface area contributed by atoms with Gasteiger partial charge in [0.05, 0.1) is 18.3 Å². The fourth-order valence-corrected chi connectivity index (χ4v) is 5.85. The van der Waals surface area contributed by atoms with E-state index >= 15 is 0 Å². The molecule has 2 aliphatic heterocycles. The number of para-hydroxylation sites is 1. The molecular formula is C32H24N2O3. The minimum absolute atomic E-state index is 0.195. The summed E-state index contributed by atoms with van der Waals surface area (Å²) in [6.07, 6.45) is -0.876. The van der Waals surface area contributed by atoms with Crippen LogP contribution in [-0.4, -0.2) is 22.8 Å². The molecule has 0 spiro atoms. The fraction of sp³-hybridized carbons (Fsp3) is 0.125. The molecule has 3 atom stereocenters. The van der Waals surface area contributed by atoms with E-state index in [-0.39, 0.29) is 18.4 Å². The normalized spacial score (nSPS) is 21.2. The Morgan fingerprint density at radius 3 is 1.86 bits per heavy atom. The van der Waals surface area contributed by atoms with E-state index in [1.54, 1.807) is 5.06 Å². The summed E-state index contributed by atoms with van der Waals surface area (Å²) in [5, 5.41) is 6.08. The van der Waals surface area contributed by atoms with Gasteiger partial charge < -0.3 is 0 Å². The minimum Gasteiger partial charge on any atom is -0.275 e. The van der Waals surface area contributed by atoms with Gasteiger partial charge in [0, 0.05) is 0 Å². The highest BCUT2D eigenvalue weighted by Gasteiger charge is 2.60. The third kappa shape index (κ3) is 3.43. The van der Waals surface area contributed by atoms with Gasteiger partial charge in [-0.3, -0.25) is 19.3 Å². The molecule has 2 fully saturated rings. The summed E-state index contributed by atoms with van der Waals surface area (Å²) in [7, 11) is 0. The number of amides is 2. The Morgan fingerprint density at radius 2 is 1.22 bits per heavy atom. The van der Waals surface area contributed by atoms with Crippen LogP contribution in [-0.2, 0) is 21.0 Å². The Balaban J connectivity index is 1.43. The van der Waals surface area contributed by atoms with Crippen molar-refractivity contribution in [1.29, 1.82) is 0 Å². The van der Waals surface area contributed by atoms with Crippen LogP contribution in [0.5, 0.6) is 0 Å². The SMILES string of the molecule is O=C1[C@H]2[C@H](ON(c3ccccc3)[C@@H]2c2c3ccccc3cc3ccccc23)C(=O)N1Cc1ccccc1. The first-order valence-corrected chi connectivity index (χ1v) is 12.5. The molecule has 7 rings (SSSR count). The first-order valence-electron chi connectivity index (χ1n) is 12.5. The van der Waals surface area contributed by atoms with Crippen LogP contribution in [0.4, 0.5) is 5.69 Å². The third-order valence-electron chi connectivity index (χ3n) is 7.51. The van der Waals surface area contributed by atoms with E-state index in [0.717, 1.165) is 38.4 Å². The largest absolute Gasteiger partial charge is 0.275 e. The van der Waals surface area contributed by atoms with Crippen LogP contribution >= 0.6 is 0 Å². The second kappa shape index (κ2) is 8.57. The summed E-state index contributed by atoms with van der Waals surface area (Å²) >= 11 is 0. The van der Waals surface area contributed by atoms with E-state index in [1.165, 1.54) is 4.90 Å². The van der Waals surface area contributed by atoms with Gasteiger partial charge in [-0.25, -0.2) is 5.06 Å². The number of anilines is 1. The van der Waals surface area contributed by atoms with Gasteiger partial charge in [-0.15, -0.1) is 0 Å². The van der Waals surface area contributed by atoms with E-state index < -0.39 is 18.1 Å². The molecule has 0 bridgehead atoms. The van der Waals surface area contributed by atoms with Crippen LogP contribution in [0.25, 0.3) is 21.5 Å². The highest BCUT2D eigenvalue weighted by Crippen LogP contribution is 2.50. The zero-order valence-electron chi connectivity index (χ0n) is 20.0. The first-order chi connectivity index (χ1) is 18.2. The Hall–Kier alpha value is -4.48. The van der Waals surface area contributed by atoms with Gasteiger partial charge in [-0.05, 0) is 50.9 Å². The minimum atomic E-state index is -0.876. The molecule has 0 saturated carbocycles. The molecule has 5 aromatic carbocycles. The zero-order chi connectivity index (χ0) is 24.9. The van der Waals surface area contributed by atoms with Gasteiger partial charge in [-0.1, -0.05) is 97.1 Å². The molecule has 5 aromatic rings. The molecule has 5 nitrogen and oxygen atoms in total. The van der Waals surface area contributed by atoms with Crippen molar-refractivity contribution in [3.8, 4) is 0 Å². The maximum Gasteiger partial charge on any atom is 0.262 e. The van der Waals surface area contributed by atoms with Crippen LogP contribution in [0.3, 0.4) is 0 Å². The van der Waals surface area contributed by atoms with E-state index in [1.807, 2.05) is 84.9 Å². The zero-order valence-corrected chi connectivity index (χ0v) is 20.0. The summed E-state index contributed by atoms with van der Waals surface area (Å²) in [5.74, 6) is -1.14. The molecule has 2 heterocycles. The van der Waals surface area contributed by atoms with Crippen molar-refractivity contribution >= 4 is 39.0 Å². The molecule has 0 aromatic heterocycles. The van der Waals surface area contributed by atoms with Crippen LogP contribution in [0, 0.1) is 5.92 Å². The number of nitrogens with zero attached hydrogens (tertiary/aromatic N) is 2. The van der Waals surface area contributed by atoms with Gasteiger partial charge in [-0.2, -0.15) is 0 Å². The molecule has 0 radical (unpaired) electrons. The lowest BCUT2D eigenvalue weighted by atomic mass is 9.84. The highest BCUT2D eigenvalue weighted by atomic mass is 16.7. The molecule has 2 aliphatic rings. The third-order valence-corrected chi connectivity index (χ3v) is 7.51. The molecule has 2 saturated heterocycles. The first kappa shape index (κ1) is 21.8. The highest BCUT2D eigenvalue weighted by molar-refractivity contribution is 6.09. The molecule has 180 valence electrons. The number of fused-ring (bicyclic) bond motifs is 3. The number of benzene rings is 5. The van der Waals surface area contributed by atoms with E-state index in [4.69, 9.17) is 4.84 Å². The summed E-state index contributed by atoms with van der Waals surface area (Å²) in [6.45, 7) is 0.239. The molecule has 2 amide bonds. The number of hydroxylamine groups is 1. The number of carbonyl (C=O) groups is 2. The maximum atomic E-state index is 14.0. The van der Waals surface area contributed by atoms with Gasteiger partial charge >= 0.3 is 0 Å². The Bertz CT molecular complexity index is 1600. The molecule has 0 aliphatic carbocycles. The molecule has 5 heteroatoms. The summed E-state index contributed by atoms with van der Waals surface area (Å²) in [6, 6.07) is 37.5. The average Bonchev–Trinajstić information content (AvgIpc) is 3.44. The second-order valence-corrected chi connectivity index (χ2v) is 9.64. The summed E-state index contributed by atoms with van der Waals surface area (Å²) < 4.78 is 0. The second-order valence-electron chi connectivity index (χ2n) is 9.64. The molecule has 37 heavy (non-hydrogen) atoms. The molecule has 0 unspecified atom stereocenters. The van der Waals surface area contributed by atoms with Crippen LogP contribution < -0.4 is 5.06 Å². The summed E-state index contributed by atoms with van der Waals surface area (Å²) in [4.78, 5) is 35.4. The van der Waals surface area contributed by atoms with Gasteiger partial charge in [0.25, 0.3) is 5.91 Å². The number of carbonyl (C=O) groups excluding carboxylic acids is 2. The fourth-order valence-electron chi connectivity index (χ4n) is 5.85. The Morgan fingerprint density at radius 1 is 0.649 bits per heavy atom. The predicted octanol–water partition coefficient (Wildman–Crippen LogP) is 6.04. The summed E-state index contributed by atoms with van der Waals surface area (Å²) in [5.41, 5.74) is 2.73. The standard InChI is InChI=1S/C32H24N2O3/c35-31-28-29(27-25-17-9-7-13-22(25)19-23-14-8-10-18-26(23)27)34(24-15-5-2-6-16-24)37-30(28)32(36)33(31)20-21-11-3-1-4-12-21/h1-19,28-30H,20H2/t28-,29-,30+/m1/s1. The monoisotopic (exact) mass is 484 g/mol. The van der Waals surface area contributed by atoms with Crippen molar-refractivity contribution in [2.24, 2.45) is 5.92 Å². The lowest BCUT2D eigenvalue weighted by Gasteiger charge is -2.30. The van der Waals surface area contributed by atoms with Crippen molar-refractivity contribution in [2.75, 3.05) is 5.06 Å². The predicted molar refractivity (Wildman–Crippen MR) is 143 cm³/mol. The lowest BCUT2D eigenvalue weighted by molar-refractivity contribution is -0.143. The quantitative estimate of drug-likeness (QED) is 0.231. The number of likely N-dealkylation sites (tertiary alicyclic amines) is 1. The average molecular weight is 485 g/mol. The van der Waals surface area contributed by atoms with E-state index in [0.29, 0.717) is 0 Å². The van der Waals surface area contributed by atoms with Crippen molar-refractivity contribution in [3.05, 3.63) is 126 Å². The van der Waals surface area contributed by atoms with Gasteiger partial charge in [0.1, 0.15) is 5.92 Å². The molecular weight excluding hydrogens is 460 g/mol. The van der Waals surface area contributed by atoms with Crippen LogP contribution in [0.15, 0.2) is 115 Å². The smallest absolute Gasteiger partial charge is 0.262 e. The van der Waals surface area contributed by atoms with Crippen LogP contribution in [0.1, 0.15) is 17.2 Å². The topological polar surface area (TPSA) is 49.9 Å². The van der Waals surface area contributed by atoms with E-state index in [9.17, 15) is 9.59 Å². The number of hydrogen-bond donors (Lipinski definition) is 0. The maximum absolute atomic E-state index is 14.0.